The van der Waals surface area contributed by atoms with Gasteiger partial charge in [-0.25, -0.2) is 13.6 Å². The number of hydrogen-bond donors (Lipinski definition) is 2. The number of nitrogens with zero attached hydrogens (tertiary/aromatic N) is 1. The van der Waals surface area contributed by atoms with E-state index in [0.29, 0.717) is 17.3 Å². The van der Waals surface area contributed by atoms with Gasteiger partial charge in [0.2, 0.25) is 10.0 Å². The van der Waals surface area contributed by atoms with Crippen molar-refractivity contribution in [3.8, 4) is 0 Å². The quantitative estimate of drug-likeness (QED) is 0.859. The molecule has 0 atom stereocenters. The predicted octanol–water partition coefficient (Wildman–Crippen LogP) is 2.76. The molecule has 0 spiro atoms. The van der Waals surface area contributed by atoms with Crippen molar-refractivity contribution in [2.24, 2.45) is 5.14 Å². The van der Waals surface area contributed by atoms with E-state index in [2.05, 4.69) is 26.2 Å². The van der Waals surface area contributed by atoms with Gasteiger partial charge < -0.3 is 5.32 Å². The van der Waals surface area contributed by atoms with Crippen LogP contribution in [0, 0.1) is 0 Å². The molecule has 2 aromatic rings. The summed E-state index contributed by atoms with van der Waals surface area (Å²) in [5, 5.41) is 8.53. The van der Waals surface area contributed by atoms with Crippen LogP contribution in [0.2, 0.25) is 5.02 Å². The molecule has 0 bridgehead atoms. The van der Waals surface area contributed by atoms with Crippen molar-refractivity contribution in [3.05, 3.63) is 51.7 Å². The van der Waals surface area contributed by atoms with Crippen molar-refractivity contribution in [3.63, 3.8) is 0 Å². The number of anilines is 1. The molecule has 8 heteroatoms. The fourth-order valence-electron chi connectivity index (χ4n) is 1.51. The van der Waals surface area contributed by atoms with E-state index in [9.17, 15) is 8.42 Å². The first-order valence-corrected chi connectivity index (χ1v) is 8.24. The Morgan fingerprint density at radius 3 is 2.65 bits per heavy atom. The lowest BCUT2D eigenvalue weighted by Crippen LogP contribution is -2.12. The van der Waals surface area contributed by atoms with Gasteiger partial charge in [0.05, 0.1) is 27.8 Å². The summed E-state index contributed by atoms with van der Waals surface area (Å²) in [5.74, 6) is 0. The van der Waals surface area contributed by atoms with Crippen molar-refractivity contribution in [1.82, 2.24) is 4.98 Å². The molecule has 0 saturated carbocycles. The van der Waals surface area contributed by atoms with Crippen molar-refractivity contribution in [1.29, 1.82) is 0 Å². The van der Waals surface area contributed by atoms with Crippen LogP contribution in [0.5, 0.6) is 0 Å². The van der Waals surface area contributed by atoms with Gasteiger partial charge in [0.1, 0.15) is 0 Å². The number of benzene rings is 1. The fraction of sp³-hybridized carbons (Fsp3) is 0.0833. The minimum Gasteiger partial charge on any atom is -0.378 e. The second-order valence-corrected chi connectivity index (χ2v) is 6.89. The Balaban J connectivity index is 2.19. The molecule has 1 heterocycles. The number of halogens is 2. The average molecular weight is 377 g/mol. The summed E-state index contributed by atoms with van der Waals surface area (Å²) in [6.45, 7) is 0.418. The van der Waals surface area contributed by atoms with Gasteiger partial charge in [0, 0.05) is 10.7 Å². The molecule has 0 unspecified atom stereocenters. The molecule has 0 amide bonds. The van der Waals surface area contributed by atoms with E-state index < -0.39 is 10.0 Å². The number of sulfonamides is 1. The summed E-state index contributed by atoms with van der Waals surface area (Å²) >= 11 is 9.31. The van der Waals surface area contributed by atoms with Crippen molar-refractivity contribution < 1.29 is 8.42 Å². The van der Waals surface area contributed by atoms with Crippen LogP contribution >= 0.6 is 27.5 Å². The van der Waals surface area contributed by atoms with Gasteiger partial charge in [0.15, 0.2) is 0 Å². The zero-order valence-corrected chi connectivity index (χ0v) is 13.3. The molecular weight excluding hydrogens is 366 g/mol. The lowest BCUT2D eigenvalue weighted by molar-refractivity contribution is 0.598. The molecular formula is C12H11BrClN3O2S. The first kappa shape index (κ1) is 15.2. The highest BCUT2D eigenvalue weighted by molar-refractivity contribution is 9.10. The van der Waals surface area contributed by atoms with E-state index in [1.54, 1.807) is 6.20 Å². The van der Waals surface area contributed by atoms with Crippen LogP contribution in [0.25, 0.3) is 0 Å². The summed E-state index contributed by atoms with van der Waals surface area (Å²) < 4.78 is 23.5. The van der Waals surface area contributed by atoms with Gasteiger partial charge in [-0.15, -0.1) is 0 Å². The minimum atomic E-state index is -3.75. The molecule has 2 rings (SSSR count). The van der Waals surface area contributed by atoms with Crippen LogP contribution in [-0.4, -0.2) is 13.4 Å². The highest BCUT2D eigenvalue weighted by atomic mass is 79.9. The maximum atomic E-state index is 11.3. The van der Waals surface area contributed by atoms with E-state index in [1.807, 2.05) is 12.1 Å². The zero-order valence-electron chi connectivity index (χ0n) is 10.2. The van der Waals surface area contributed by atoms with Gasteiger partial charge in [-0.2, -0.15) is 0 Å². The average Bonchev–Trinajstić information content (AvgIpc) is 2.38. The first-order valence-electron chi connectivity index (χ1n) is 5.53. The van der Waals surface area contributed by atoms with Crippen molar-refractivity contribution >= 4 is 43.2 Å². The van der Waals surface area contributed by atoms with Crippen LogP contribution in [0.4, 0.5) is 5.69 Å². The molecule has 0 aliphatic heterocycles. The fourth-order valence-corrected chi connectivity index (χ4v) is 2.47. The van der Waals surface area contributed by atoms with Crippen LogP contribution in [0.1, 0.15) is 5.69 Å². The van der Waals surface area contributed by atoms with Gasteiger partial charge >= 0.3 is 0 Å². The predicted molar refractivity (Wildman–Crippen MR) is 82.1 cm³/mol. The molecule has 1 aromatic heterocycles. The second-order valence-electron chi connectivity index (χ2n) is 4.01. The Kier molecular flexibility index (Phi) is 4.64. The Labute approximate surface area is 130 Å². The zero-order chi connectivity index (χ0) is 14.8. The van der Waals surface area contributed by atoms with Crippen LogP contribution in [-0.2, 0) is 16.6 Å². The lowest BCUT2D eigenvalue weighted by Gasteiger charge is -2.09. The van der Waals surface area contributed by atoms with Gasteiger partial charge in [0.25, 0.3) is 0 Å². The topological polar surface area (TPSA) is 85.1 Å². The molecule has 5 nitrogen and oxygen atoms in total. The number of rotatable bonds is 4. The smallest absolute Gasteiger partial charge is 0.238 e. The number of pyridine rings is 1. The highest BCUT2D eigenvalue weighted by Crippen LogP contribution is 2.25. The third-order valence-corrected chi connectivity index (χ3v) is 4.22. The van der Waals surface area contributed by atoms with E-state index in [4.69, 9.17) is 16.7 Å². The Bertz CT molecular complexity index is 720. The second kappa shape index (κ2) is 6.09. The number of aromatic nitrogens is 1. The standard InChI is InChI=1S/C12H11BrClN3O2S/c13-8-1-2-9(16-6-8)7-17-12-5-10(20(15,18)19)3-4-11(12)14/h1-6,17H,7H2,(H2,15,18,19). The molecule has 3 N–H and O–H groups in total. The first-order chi connectivity index (χ1) is 9.36. The molecule has 0 aliphatic carbocycles. The Morgan fingerprint density at radius 1 is 1.30 bits per heavy atom. The summed E-state index contributed by atoms with van der Waals surface area (Å²) in [5.41, 5.74) is 1.29. The highest BCUT2D eigenvalue weighted by Gasteiger charge is 2.10. The van der Waals surface area contributed by atoms with Crippen molar-refractivity contribution in [2.75, 3.05) is 5.32 Å². The molecule has 0 radical (unpaired) electrons. The Morgan fingerprint density at radius 2 is 2.05 bits per heavy atom. The van der Waals surface area contributed by atoms with Gasteiger partial charge in [-0.05, 0) is 46.3 Å². The van der Waals surface area contributed by atoms with Gasteiger partial charge in [-0.1, -0.05) is 11.6 Å². The minimum absolute atomic E-state index is 0.00756. The maximum absolute atomic E-state index is 11.3. The Hall–Kier alpha value is -1.15. The molecule has 0 aliphatic rings. The molecule has 1 aromatic carbocycles. The number of hydrogen-bond acceptors (Lipinski definition) is 4. The number of nitrogens with one attached hydrogen (secondary N) is 1. The van der Waals surface area contributed by atoms with Crippen LogP contribution in [0.15, 0.2) is 45.9 Å². The number of nitrogens with two attached hydrogens (primary N) is 1. The van der Waals surface area contributed by atoms with E-state index in [1.165, 1.54) is 18.2 Å². The lowest BCUT2D eigenvalue weighted by atomic mass is 10.3. The van der Waals surface area contributed by atoms with E-state index >= 15 is 0 Å². The molecule has 20 heavy (non-hydrogen) atoms. The van der Waals surface area contributed by atoms with Crippen LogP contribution in [0.3, 0.4) is 0 Å². The largest absolute Gasteiger partial charge is 0.378 e. The summed E-state index contributed by atoms with van der Waals surface area (Å²) in [4.78, 5) is 4.21. The summed E-state index contributed by atoms with van der Waals surface area (Å²) in [6.07, 6.45) is 1.68. The number of primary sulfonamides is 1. The third kappa shape index (κ3) is 3.92. The molecule has 0 fully saturated rings. The SMILES string of the molecule is NS(=O)(=O)c1ccc(Cl)c(NCc2ccc(Br)cn2)c1. The van der Waals surface area contributed by atoms with Crippen molar-refractivity contribution in [2.45, 2.75) is 11.4 Å². The maximum Gasteiger partial charge on any atom is 0.238 e. The normalized spacial score (nSPS) is 11.3. The summed E-state index contributed by atoms with van der Waals surface area (Å²) in [7, 11) is -3.75. The van der Waals surface area contributed by atoms with Gasteiger partial charge in [-0.3, -0.25) is 4.98 Å². The summed E-state index contributed by atoms with van der Waals surface area (Å²) in [6, 6.07) is 7.96. The van der Waals surface area contributed by atoms with E-state index in [-0.39, 0.29) is 4.90 Å². The monoisotopic (exact) mass is 375 g/mol. The van der Waals surface area contributed by atoms with Crippen LogP contribution < -0.4 is 10.5 Å². The molecule has 106 valence electrons. The third-order valence-electron chi connectivity index (χ3n) is 2.51. The van der Waals surface area contributed by atoms with E-state index in [0.717, 1.165) is 10.2 Å². The molecule has 0 saturated heterocycles.